The van der Waals surface area contributed by atoms with E-state index in [2.05, 4.69) is 43.4 Å². The lowest BCUT2D eigenvalue weighted by Crippen LogP contribution is -2.09. The molecule has 0 spiro atoms. The highest BCUT2D eigenvalue weighted by Crippen LogP contribution is 2.41. The number of nitrogens with two attached hydrogens (primary N) is 1. The van der Waals surface area contributed by atoms with Gasteiger partial charge in [0.1, 0.15) is 0 Å². The number of hydrogen-bond donors (Lipinski definition) is 1. The highest BCUT2D eigenvalue weighted by Gasteiger charge is 2.24. The zero-order valence-electron chi connectivity index (χ0n) is 12.2. The number of hydrogen-bond acceptors (Lipinski definition) is 3. The molecule has 4 nitrogen and oxygen atoms in total. The van der Waals surface area contributed by atoms with Crippen molar-refractivity contribution in [2.24, 2.45) is 10.7 Å². The fraction of sp³-hybridized carbons (Fsp3) is 0.467. The summed E-state index contributed by atoms with van der Waals surface area (Å²) < 4.78 is 4.51. The fourth-order valence-corrected chi connectivity index (χ4v) is 4.00. The Morgan fingerprint density at radius 3 is 2.86 bits per heavy atom. The van der Waals surface area contributed by atoms with Crippen molar-refractivity contribution in [3.8, 4) is 0 Å². The first-order chi connectivity index (χ1) is 10.0. The number of nitrogens with zero attached hydrogens (tertiary/aromatic N) is 3. The van der Waals surface area contributed by atoms with Gasteiger partial charge in [0, 0.05) is 21.2 Å². The van der Waals surface area contributed by atoms with Crippen LogP contribution in [0.4, 0.5) is 5.95 Å². The minimum Gasteiger partial charge on any atom is -0.330 e. The summed E-state index contributed by atoms with van der Waals surface area (Å²) in [6, 6.07) is 0. The molecule has 0 saturated heterocycles. The lowest BCUT2D eigenvalue weighted by atomic mass is 10.0. The quantitative estimate of drug-likeness (QED) is 0.764. The van der Waals surface area contributed by atoms with Crippen molar-refractivity contribution in [2.45, 2.75) is 39.7 Å². The van der Waals surface area contributed by atoms with Crippen LogP contribution >= 0.6 is 31.9 Å². The summed E-state index contributed by atoms with van der Waals surface area (Å²) >= 11 is 7.40. The van der Waals surface area contributed by atoms with E-state index in [4.69, 9.17) is 15.7 Å². The van der Waals surface area contributed by atoms with E-state index in [0.717, 1.165) is 57.5 Å². The fourth-order valence-electron chi connectivity index (χ4n) is 2.89. The Labute approximate surface area is 141 Å². The Morgan fingerprint density at radius 2 is 2.14 bits per heavy atom. The molecule has 0 saturated carbocycles. The number of rotatable bonds is 3. The molecule has 1 aromatic carbocycles. The number of imidazole rings is 1. The van der Waals surface area contributed by atoms with E-state index in [9.17, 15) is 0 Å². The van der Waals surface area contributed by atoms with Gasteiger partial charge in [-0.2, -0.15) is 0 Å². The molecular formula is C15H18Br2N4. The maximum atomic E-state index is 5.61. The summed E-state index contributed by atoms with van der Waals surface area (Å²) in [4.78, 5) is 9.48. The molecule has 6 heteroatoms. The molecule has 1 aromatic heterocycles. The molecule has 3 rings (SSSR count). The smallest absolute Gasteiger partial charge is 0.230 e. The normalized spacial score (nSPS) is 15.0. The molecule has 0 aliphatic carbocycles. The first-order valence-corrected chi connectivity index (χ1v) is 8.74. The van der Waals surface area contributed by atoms with E-state index in [1.54, 1.807) is 0 Å². The van der Waals surface area contributed by atoms with Gasteiger partial charge in [0.15, 0.2) is 0 Å². The summed E-state index contributed by atoms with van der Waals surface area (Å²) in [6.07, 6.45) is 3.00. The number of aliphatic imine (C=N–C) groups is 1. The second kappa shape index (κ2) is 5.82. The zero-order chi connectivity index (χ0) is 15.1. The maximum absolute atomic E-state index is 5.61. The summed E-state index contributed by atoms with van der Waals surface area (Å²) in [5.41, 5.74) is 11.4. The average Bonchev–Trinajstić information content (AvgIpc) is 2.83. The van der Waals surface area contributed by atoms with Crippen LogP contribution in [0.25, 0.3) is 11.0 Å². The van der Waals surface area contributed by atoms with Gasteiger partial charge in [-0.3, -0.25) is 0 Å². The first-order valence-electron chi connectivity index (χ1n) is 7.15. The molecule has 112 valence electrons. The lowest BCUT2D eigenvalue weighted by molar-refractivity contribution is 0.633. The Balaban J connectivity index is 2.29. The molecule has 2 aromatic rings. The summed E-state index contributed by atoms with van der Waals surface area (Å²) in [7, 11) is 0. The van der Waals surface area contributed by atoms with Crippen molar-refractivity contribution in [3.05, 3.63) is 20.1 Å². The van der Waals surface area contributed by atoms with Gasteiger partial charge in [-0.15, -0.1) is 0 Å². The number of benzene rings is 1. The van der Waals surface area contributed by atoms with E-state index in [1.807, 2.05) is 6.92 Å². The van der Waals surface area contributed by atoms with Gasteiger partial charge in [0.25, 0.3) is 0 Å². The van der Waals surface area contributed by atoms with Crippen LogP contribution in [0.3, 0.4) is 0 Å². The number of aromatic nitrogens is 2. The van der Waals surface area contributed by atoms with Crippen molar-refractivity contribution in [1.29, 1.82) is 0 Å². The summed E-state index contributed by atoms with van der Waals surface area (Å²) in [5.74, 6) is 0.810. The van der Waals surface area contributed by atoms with Crippen LogP contribution in [0, 0.1) is 6.92 Å². The third-order valence-corrected chi connectivity index (χ3v) is 6.38. The molecular weight excluding hydrogens is 396 g/mol. The topological polar surface area (TPSA) is 56.2 Å². The highest BCUT2D eigenvalue weighted by molar-refractivity contribution is 9.13. The predicted molar refractivity (Wildman–Crippen MR) is 94.6 cm³/mol. The molecule has 2 heterocycles. The van der Waals surface area contributed by atoms with E-state index in [1.165, 1.54) is 11.1 Å². The van der Waals surface area contributed by atoms with Crippen molar-refractivity contribution in [1.82, 2.24) is 9.55 Å². The van der Waals surface area contributed by atoms with Crippen LogP contribution in [0.5, 0.6) is 0 Å². The van der Waals surface area contributed by atoms with Crippen LogP contribution in [-0.2, 0) is 13.0 Å². The number of aryl methyl sites for hydroxylation is 3. The molecule has 1 aliphatic heterocycles. The predicted octanol–water partition coefficient (Wildman–Crippen LogP) is 4.26. The molecule has 0 radical (unpaired) electrons. The molecule has 0 amide bonds. The molecule has 0 bridgehead atoms. The highest BCUT2D eigenvalue weighted by atomic mass is 79.9. The van der Waals surface area contributed by atoms with Crippen molar-refractivity contribution >= 4 is 54.6 Å². The Morgan fingerprint density at radius 1 is 1.38 bits per heavy atom. The van der Waals surface area contributed by atoms with Crippen molar-refractivity contribution in [3.63, 3.8) is 0 Å². The minimum atomic E-state index is 0.622. The maximum Gasteiger partial charge on any atom is 0.230 e. The van der Waals surface area contributed by atoms with Crippen LogP contribution < -0.4 is 5.73 Å². The van der Waals surface area contributed by atoms with Gasteiger partial charge >= 0.3 is 0 Å². The van der Waals surface area contributed by atoms with E-state index < -0.39 is 0 Å². The monoisotopic (exact) mass is 412 g/mol. The van der Waals surface area contributed by atoms with Gasteiger partial charge < -0.3 is 10.3 Å². The van der Waals surface area contributed by atoms with Crippen LogP contribution in [0.1, 0.15) is 30.9 Å². The van der Waals surface area contributed by atoms with Crippen LogP contribution in [0.2, 0.25) is 0 Å². The second-order valence-electron chi connectivity index (χ2n) is 5.48. The molecule has 0 unspecified atom stereocenters. The summed E-state index contributed by atoms with van der Waals surface area (Å²) in [6.45, 7) is 5.71. The Hall–Kier alpha value is -0.720. The van der Waals surface area contributed by atoms with Gasteiger partial charge in [0.05, 0.1) is 11.0 Å². The van der Waals surface area contributed by atoms with Crippen molar-refractivity contribution < 1.29 is 0 Å². The van der Waals surface area contributed by atoms with Gasteiger partial charge in [-0.25, -0.2) is 9.98 Å². The molecule has 2 N–H and O–H groups in total. The zero-order valence-corrected chi connectivity index (χ0v) is 15.4. The Bertz CT molecular complexity index is 746. The minimum absolute atomic E-state index is 0.622. The molecule has 0 fully saturated rings. The van der Waals surface area contributed by atoms with Crippen molar-refractivity contribution in [2.75, 3.05) is 6.54 Å². The van der Waals surface area contributed by atoms with E-state index >= 15 is 0 Å². The SMILES string of the molecule is CC(CCN)=Nc1nc2c(C)c(Br)c(Br)c3c2n1CCC3. The average molecular weight is 414 g/mol. The van der Waals surface area contributed by atoms with Crippen LogP contribution in [0.15, 0.2) is 13.9 Å². The van der Waals surface area contributed by atoms with E-state index in [0.29, 0.717) is 6.54 Å². The third kappa shape index (κ3) is 2.47. The molecule has 0 atom stereocenters. The standard InChI is InChI=1S/C15H18Br2N4/c1-8(5-6-18)19-15-20-13-9(2)11(16)12(17)10-4-3-7-21(15)14(10)13/h3-7,18H2,1-2H3. The molecule has 1 aliphatic rings. The van der Waals surface area contributed by atoms with Gasteiger partial charge in [-0.1, -0.05) is 0 Å². The second-order valence-corrected chi connectivity index (χ2v) is 7.07. The lowest BCUT2D eigenvalue weighted by Gasteiger charge is -2.18. The first kappa shape index (κ1) is 15.2. The van der Waals surface area contributed by atoms with Gasteiger partial charge in [0.2, 0.25) is 5.95 Å². The summed E-state index contributed by atoms with van der Waals surface area (Å²) in [5, 5.41) is 0. The van der Waals surface area contributed by atoms with Crippen LogP contribution in [-0.4, -0.2) is 21.8 Å². The third-order valence-electron chi connectivity index (χ3n) is 3.98. The largest absolute Gasteiger partial charge is 0.330 e. The van der Waals surface area contributed by atoms with E-state index in [-0.39, 0.29) is 0 Å². The Kier molecular flexibility index (Phi) is 4.21. The molecule has 21 heavy (non-hydrogen) atoms. The van der Waals surface area contributed by atoms with Gasteiger partial charge in [-0.05, 0) is 82.6 Å². The number of halogens is 2.